The van der Waals surface area contributed by atoms with Gasteiger partial charge in [0.05, 0.1) is 19.8 Å². The average Bonchev–Trinajstić information content (AvgIpc) is 2.87. The van der Waals surface area contributed by atoms with Gasteiger partial charge in [-0.25, -0.2) is 8.78 Å². The van der Waals surface area contributed by atoms with Gasteiger partial charge >= 0.3 is 0 Å². The molecule has 0 aromatic heterocycles. The Morgan fingerprint density at radius 2 is 1.33 bits per heavy atom. The fraction of sp³-hybridized carbons (Fsp3) is 0.467. The van der Waals surface area contributed by atoms with Crippen LogP contribution in [0.5, 0.6) is 11.5 Å². The molecule has 0 saturated heterocycles. The smallest absolute Gasteiger partial charge is 0.123 e. The lowest BCUT2D eigenvalue weighted by Crippen LogP contribution is -2.00. The highest BCUT2D eigenvalue weighted by Crippen LogP contribution is 2.22. The van der Waals surface area contributed by atoms with Crippen LogP contribution in [0.2, 0.25) is 0 Å². The minimum atomic E-state index is -0.261. The molecule has 0 spiro atoms. The molecule has 0 saturated carbocycles. The Balaban J connectivity index is 0.000000360. The lowest BCUT2D eigenvalue weighted by molar-refractivity contribution is 0.305. The summed E-state index contributed by atoms with van der Waals surface area (Å²) in [6.07, 6.45) is 10.4. The summed E-state index contributed by atoms with van der Waals surface area (Å²) in [6, 6.07) is 9.20. The number of ether oxygens (including phenoxy) is 2. The summed E-state index contributed by atoms with van der Waals surface area (Å²) in [4.78, 5) is 0. The van der Waals surface area contributed by atoms with Gasteiger partial charge in [0.15, 0.2) is 0 Å². The Morgan fingerprint density at radius 1 is 0.778 bits per heavy atom. The first kappa shape index (κ1) is 31.2. The number of unbranched alkanes of at least 4 members (excludes halogenated alkanes) is 2. The second-order valence-corrected chi connectivity index (χ2v) is 8.11. The first-order valence-corrected chi connectivity index (χ1v) is 12.7. The first-order valence-electron chi connectivity index (χ1n) is 12.7. The van der Waals surface area contributed by atoms with E-state index in [0.717, 1.165) is 61.2 Å². The zero-order valence-electron chi connectivity index (χ0n) is 21.6. The second kappa shape index (κ2) is 20.3. The molecule has 0 heterocycles. The molecule has 0 amide bonds. The molecular weight excluding hydrogens is 462 g/mol. The first-order chi connectivity index (χ1) is 17.5. The maximum Gasteiger partial charge on any atom is 0.123 e. The molecule has 0 fully saturated rings. The number of halogens is 2. The molecule has 4 nitrogen and oxygen atoms in total. The molecule has 2 aromatic rings. The lowest BCUT2D eigenvalue weighted by Gasteiger charge is -2.10. The molecule has 6 heteroatoms. The lowest BCUT2D eigenvalue weighted by atomic mass is 10.1. The average molecular weight is 503 g/mol. The predicted molar refractivity (Wildman–Crippen MR) is 141 cm³/mol. The van der Waals surface area contributed by atoms with E-state index in [1.54, 1.807) is 18.2 Å². The third-order valence-electron chi connectivity index (χ3n) is 5.13. The molecule has 0 atom stereocenters. The number of allylic oxidation sites excluding steroid dienone is 1. The van der Waals surface area contributed by atoms with Crippen molar-refractivity contribution < 1.29 is 28.5 Å². The standard InChI is InChI=1S/C15H21FO2.C15H19FO2/c2*1-2-3-11-18-15-9-8-14(16)12-13(15)7-5-4-6-10-17/h4,6,8-9,12,17H,2-3,5,7,10-11H2,1H3;8-9,12,17H,2-3,5,7,10-11H2,1H3/b6-4+;. The van der Waals surface area contributed by atoms with Crippen LogP contribution in [0.3, 0.4) is 0 Å². The molecule has 0 bridgehead atoms. The van der Waals surface area contributed by atoms with Crippen LogP contribution in [0.4, 0.5) is 8.78 Å². The number of rotatable bonds is 14. The minimum absolute atomic E-state index is 0.0447. The van der Waals surface area contributed by atoms with E-state index in [1.165, 1.54) is 24.3 Å². The quantitative estimate of drug-likeness (QED) is 0.178. The van der Waals surface area contributed by atoms with Crippen molar-refractivity contribution >= 4 is 0 Å². The maximum atomic E-state index is 13.2. The summed E-state index contributed by atoms with van der Waals surface area (Å²) in [6.45, 7) is 5.43. The molecule has 0 radical (unpaired) electrons. The highest BCUT2D eigenvalue weighted by atomic mass is 19.1. The SMILES string of the molecule is CCCCOc1ccc(F)cc1CC/C=C/CO.CCCCOc1ccc(F)cc1CCC#CCO. The fourth-order valence-corrected chi connectivity index (χ4v) is 3.19. The summed E-state index contributed by atoms with van der Waals surface area (Å²) in [5, 5.41) is 17.2. The third kappa shape index (κ3) is 13.9. The van der Waals surface area contributed by atoms with Crippen LogP contribution in [0.15, 0.2) is 48.6 Å². The van der Waals surface area contributed by atoms with E-state index < -0.39 is 0 Å². The number of hydrogen-bond donors (Lipinski definition) is 2. The minimum Gasteiger partial charge on any atom is -0.493 e. The van der Waals surface area contributed by atoms with E-state index in [9.17, 15) is 8.78 Å². The molecule has 2 aromatic carbocycles. The Labute approximate surface area is 215 Å². The van der Waals surface area contributed by atoms with E-state index in [0.29, 0.717) is 26.1 Å². The number of hydrogen-bond acceptors (Lipinski definition) is 4. The van der Waals surface area contributed by atoms with Gasteiger partial charge in [0.2, 0.25) is 0 Å². The Morgan fingerprint density at radius 3 is 1.83 bits per heavy atom. The van der Waals surface area contributed by atoms with Crippen molar-refractivity contribution in [1.82, 2.24) is 0 Å². The molecule has 0 unspecified atom stereocenters. The summed E-state index contributed by atoms with van der Waals surface area (Å²) in [5.41, 5.74) is 1.71. The van der Waals surface area contributed by atoms with Crippen LogP contribution in [-0.2, 0) is 12.8 Å². The fourth-order valence-electron chi connectivity index (χ4n) is 3.19. The number of benzene rings is 2. The van der Waals surface area contributed by atoms with E-state index in [2.05, 4.69) is 25.7 Å². The highest BCUT2D eigenvalue weighted by Gasteiger charge is 2.06. The van der Waals surface area contributed by atoms with Crippen molar-refractivity contribution in [2.45, 2.75) is 65.2 Å². The normalized spacial score (nSPS) is 10.4. The molecule has 2 rings (SSSR count). The van der Waals surface area contributed by atoms with Gasteiger partial charge in [0.25, 0.3) is 0 Å². The highest BCUT2D eigenvalue weighted by molar-refractivity contribution is 5.35. The molecule has 0 aliphatic carbocycles. The van der Waals surface area contributed by atoms with Gasteiger partial charge in [-0.15, -0.1) is 5.92 Å². The maximum absolute atomic E-state index is 13.2. The summed E-state index contributed by atoms with van der Waals surface area (Å²) in [5.74, 6) is 6.40. The van der Waals surface area contributed by atoms with E-state index in [1.807, 2.05) is 6.08 Å². The van der Waals surface area contributed by atoms with Crippen molar-refractivity contribution in [3.8, 4) is 23.3 Å². The van der Waals surface area contributed by atoms with Gasteiger partial charge in [0.1, 0.15) is 29.7 Å². The van der Waals surface area contributed by atoms with Gasteiger partial charge in [-0.2, -0.15) is 0 Å². The molecule has 2 N–H and O–H groups in total. The summed E-state index contributed by atoms with van der Waals surface area (Å²) < 4.78 is 37.7. The Bertz CT molecular complexity index is 948. The van der Waals surface area contributed by atoms with Crippen LogP contribution in [0, 0.1) is 23.5 Å². The van der Waals surface area contributed by atoms with E-state index >= 15 is 0 Å². The van der Waals surface area contributed by atoms with Crippen molar-refractivity contribution in [2.24, 2.45) is 0 Å². The van der Waals surface area contributed by atoms with Crippen LogP contribution < -0.4 is 9.47 Å². The van der Waals surface area contributed by atoms with Crippen molar-refractivity contribution in [1.29, 1.82) is 0 Å². The van der Waals surface area contributed by atoms with E-state index in [4.69, 9.17) is 19.7 Å². The second-order valence-electron chi connectivity index (χ2n) is 8.11. The van der Waals surface area contributed by atoms with Gasteiger partial charge in [-0.05, 0) is 79.6 Å². The molecule has 0 aliphatic rings. The van der Waals surface area contributed by atoms with Crippen LogP contribution in [0.25, 0.3) is 0 Å². The molecule has 0 aliphatic heterocycles. The zero-order chi connectivity index (χ0) is 26.4. The van der Waals surface area contributed by atoms with Crippen molar-refractivity contribution in [3.63, 3.8) is 0 Å². The van der Waals surface area contributed by atoms with Crippen molar-refractivity contribution in [2.75, 3.05) is 26.4 Å². The van der Waals surface area contributed by atoms with Gasteiger partial charge in [0, 0.05) is 6.42 Å². The Kier molecular flexibility index (Phi) is 17.6. The van der Waals surface area contributed by atoms with Gasteiger partial charge in [-0.3, -0.25) is 0 Å². The summed E-state index contributed by atoms with van der Waals surface area (Å²) >= 11 is 0. The zero-order valence-corrected chi connectivity index (χ0v) is 21.6. The third-order valence-corrected chi connectivity index (χ3v) is 5.13. The van der Waals surface area contributed by atoms with Gasteiger partial charge < -0.3 is 19.7 Å². The van der Waals surface area contributed by atoms with Crippen LogP contribution >= 0.6 is 0 Å². The van der Waals surface area contributed by atoms with Gasteiger partial charge in [-0.1, -0.05) is 44.8 Å². The number of aliphatic hydroxyl groups excluding tert-OH is 2. The predicted octanol–water partition coefficient (Wildman–Crippen LogP) is 6.42. The molecule has 36 heavy (non-hydrogen) atoms. The topological polar surface area (TPSA) is 58.9 Å². The largest absolute Gasteiger partial charge is 0.493 e. The summed E-state index contributed by atoms with van der Waals surface area (Å²) in [7, 11) is 0. The molecule has 198 valence electrons. The molecular formula is C30H40F2O4. The Hall–Kier alpha value is -2.88. The number of aryl methyl sites for hydroxylation is 2. The monoisotopic (exact) mass is 502 g/mol. The number of aliphatic hydroxyl groups is 2. The van der Waals surface area contributed by atoms with Crippen LogP contribution in [0.1, 0.15) is 63.5 Å². The van der Waals surface area contributed by atoms with E-state index in [-0.39, 0.29) is 24.8 Å². The van der Waals surface area contributed by atoms with Crippen LogP contribution in [-0.4, -0.2) is 36.6 Å². The van der Waals surface area contributed by atoms with Crippen molar-refractivity contribution in [3.05, 3.63) is 71.3 Å².